The SMILES string of the molecule is COc1ccc(-c2nc(C(=O)Nc3cccc(C(F)(F)F)c3)c(C)[nH]2)nc1-c1c(C)cccc1C. The van der Waals surface area contributed by atoms with Gasteiger partial charge in [0.25, 0.3) is 5.91 Å². The lowest BCUT2D eigenvalue weighted by Crippen LogP contribution is -2.14. The van der Waals surface area contributed by atoms with Crippen molar-refractivity contribution in [2.24, 2.45) is 0 Å². The number of benzene rings is 2. The Morgan fingerprint density at radius 1 is 0.971 bits per heavy atom. The molecule has 0 aliphatic rings. The van der Waals surface area contributed by atoms with Crippen molar-refractivity contribution in [2.75, 3.05) is 12.4 Å². The van der Waals surface area contributed by atoms with E-state index in [2.05, 4.69) is 15.3 Å². The molecule has 0 aliphatic heterocycles. The van der Waals surface area contributed by atoms with Crippen LogP contribution in [0.25, 0.3) is 22.8 Å². The molecule has 2 aromatic carbocycles. The van der Waals surface area contributed by atoms with Crippen LogP contribution >= 0.6 is 0 Å². The fraction of sp³-hybridized carbons (Fsp3) is 0.192. The van der Waals surface area contributed by atoms with Gasteiger partial charge in [-0.15, -0.1) is 0 Å². The van der Waals surface area contributed by atoms with Crippen LogP contribution in [0, 0.1) is 20.8 Å². The number of methoxy groups -OCH3 is 1. The molecule has 0 unspecified atom stereocenters. The summed E-state index contributed by atoms with van der Waals surface area (Å²) in [7, 11) is 1.57. The quantitative estimate of drug-likeness (QED) is 0.349. The molecule has 0 saturated carbocycles. The number of aromatic nitrogens is 3. The van der Waals surface area contributed by atoms with Crippen LogP contribution in [0.5, 0.6) is 5.75 Å². The summed E-state index contributed by atoms with van der Waals surface area (Å²) in [4.78, 5) is 25.0. The number of pyridine rings is 1. The Bertz CT molecular complexity index is 1390. The predicted molar refractivity (Wildman–Crippen MR) is 127 cm³/mol. The number of anilines is 1. The average molecular weight is 480 g/mol. The molecular weight excluding hydrogens is 457 g/mol. The third-order valence-electron chi connectivity index (χ3n) is 5.59. The summed E-state index contributed by atoms with van der Waals surface area (Å²) in [5, 5.41) is 2.48. The Kier molecular flexibility index (Phi) is 6.34. The lowest BCUT2D eigenvalue weighted by Gasteiger charge is -2.13. The van der Waals surface area contributed by atoms with Gasteiger partial charge >= 0.3 is 6.18 Å². The molecule has 0 saturated heterocycles. The molecule has 2 aromatic heterocycles. The molecule has 0 bridgehead atoms. The highest BCUT2D eigenvalue weighted by Gasteiger charge is 2.30. The van der Waals surface area contributed by atoms with E-state index in [-0.39, 0.29) is 11.4 Å². The largest absolute Gasteiger partial charge is 0.494 e. The number of amides is 1. The van der Waals surface area contributed by atoms with Crippen LogP contribution in [0.4, 0.5) is 18.9 Å². The fourth-order valence-electron chi connectivity index (χ4n) is 3.88. The Labute approximate surface area is 200 Å². The summed E-state index contributed by atoms with van der Waals surface area (Å²) in [5.41, 5.74) is 3.82. The van der Waals surface area contributed by atoms with E-state index in [9.17, 15) is 18.0 Å². The van der Waals surface area contributed by atoms with E-state index in [0.29, 0.717) is 28.7 Å². The molecule has 0 radical (unpaired) electrons. The van der Waals surface area contributed by atoms with E-state index >= 15 is 0 Å². The Morgan fingerprint density at radius 2 is 1.66 bits per heavy atom. The van der Waals surface area contributed by atoms with Gasteiger partial charge in [0, 0.05) is 16.9 Å². The summed E-state index contributed by atoms with van der Waals surface area (Å²) < 4.78 is 44.5. The minimum absolute atomic E-state index is 0.0219. The number of hydrogen-bond acceptors (Lipinski definition) is 4. The highest BCUT2D eigenvalue weighted by Crippen LogP contribution is 2.35. The maximum atomic E-state index is 13.0. The highest BCUT2D eigenvalue weighted by molar-refractivity contribution is 6.04. The summed E-state index contributed by atoms with van der Waals surface area (Å²) in [6, 6.07) is 13.9. The zero-order chi connectivity index (χ0) is 25.3. The third kappa shape index (κ3) is 4.89. The van der Waals surface area contributed by atoms with E-state index < -0.39 is 17.6 Å². The number of aryl methyl sites for hydroxylation is 3. The van der Waals surface area contributed by atoms with Gasteiger partial charge in [-0.2, -0.15) is 13.2 Å². The number of halogens is 3. The van der Waals surface area contributed by atoms with Gasteiger partial charge in [0.2, 0.25) is 0 Å². The monoisotopic (exact) mass is 480 g/mol. The van der Waals surface area contributed by atoms with Crippen LogP contribution in [0.2, 0.25) is 0 Å². The zero-order valence-corrected chi connectivity index (χ0v) is 19.5. The van der Waals surface area contributed by atoms with Crippen molar-refractivity contribution in [1.29, 1.82) is 0 Å². The van der Waals surface area contributed by atoms with Crippen molar-refractivity contribution in [2.45, 2.75) is 26.9 Å². The number of H-pyrrole nitrogens is 1. The summed E-state index contributed by atoms with van der Waals surface area (Å²) in [6.07, 6.45) is -4.51. The maximum Gasteiger partial charge on any atom is 0.416 e. The molecule has 2 heterocycles. The molecular formula is C26H23F3N4O2. The smallest absolute Gasteiger partial charge is 0.416 e. The summed E-state index contributed by atoms with van der Waals surface area (Å²) in [5.74, 6) is 0.316. The summed E-state index contributed by atoms with van der Waals surface area (Å²) in [6.45, 7) is 5.64. The van der Waals surface area contributed by atoms with Crippen LogP contribution in [-0.4, -0.2) is 28.0 Å². The van der Waals surface area contributed by atoms with Gasteiger partial charge in [0.15, 0.2) is 5.82 Å². The van der Waals surface area contributed by atoms with Crippen molar-refractivity contribution in [3.63, 3.8) is 0 Å². The normalized spacial score (nSPS) is 11.4. The van der Waals surface area contributed by atoms with Crippen molar-refractivity contribution in [3.05, 3.63) is 82.7 Å². The Morgan fingerprint density at radius 3 is 2.31 bits per heavy atom. The standard InChI is InChI=1S/C26H23F3N4O2/c1-14-7-5-8-15(2)21(14)23-20(35-4)12-11-19(32-23)24-30-16(3)22(33-24)25(34)31-18-10-6-9-17(13-18)26(27,28)29/h5-13H,1-4H3,(H,30,33)(H,31,34). The second kappa shape index (κ2) is 9.25. The van der Waals surface area contributed by atoms with E-state index in [1.54, 1.807) is 26.2 Å². The highest BCUT2D eigenvalue weighted by atomic mass is 19.4. The number of hydrogen-bond donors (Lipinski definition) is 2. The number of ether oxygens (including phenoxy) is 1. The van der Waals surface area contributed by atoms with E-state index in [1.807, 2.05) is 32.0 Å². The van der Waals surface area contributed by atoms with Gasteiger partial charge in [0.1, 0.15) is 22.8 Å². The van der Waals surface area contributed by atoms with Crippen LogP contribution in [0.1, 0.15) is 32.9 Å². The van der Waals surface area contributed by atoms with Crippen molar-refractivity contribution in [3.8, 4) is 28.5 Å². The minimum Gasteiger partial charge on any atom is -0.494 e. The van der Waals surface area contributed by atoms with Crippen molar-refractivity contribution in [1.82, 2.24) is 15.0 Å². The molecule has 4 rings (SSSR count). The molecule has 0 spiro atoms. The van der Waals surface area contributed by atoms with E-state index in [4.69, 9.17) is 9.72 Å². The number of nitrogens with one attached hydrogen (secondary N) is 2. The number of alkyl halides is 3. The molecule has 6 nitrogen and oxygen atoms in total. The Hall–Kier alpha value is -4.14. The van der Waals surface area contributed by atoms with Gasteiger partial charge in [0.05, 0.1) is 12.7 Å². The maximum absolute atomic E-state index is 13.0. The van der Waals surface area contributed by atoms with Crippen molar-refractivity contribution >= 4 is 11.6 Å². The number of nitrogens with zero attached hydrogens (tertiary/aromatic N) is 2. The second-order valence-electron chi connectivity index (χ2n) is 8.11. The molecule has 9 heteroatoms. The Balaban J connectivity index is 1.68. The number of carbonyl (C=O) groups is 1. The lowest BCUT2D eigenvalue weighted by molar-refractivity contribution is -0.137. The van der Waals surface area contributed by atoms with Gasteiger partial charge in [-0.1, -0.05) is 24.3 Å². The van der Waals surface area contributed by atoms with E-state index in [1.165, 1.54) is 12.1 Å². The third-order valence-corrected chi connectivity index (χ3v) is 5.59. The van der Waals surface area contributed by atoms with Crippen molar-refractivity contribution < 1.29 is 22.7 Å². The van der Waals surface area contributed by atoms with Gasteiger partial charge < -0.3 is 15.0 Å². The molecule has 180 valence electrons. The first-order valence-corrected chi connectivity index (χ1v) is 10.8. The summed E-state index contributed by atoms with van der Waals surface area (Å²) >= 11 is 0. The first kappa shape index (κ1) is 24.0. The first-order chi connectivity index (χ1) is 16.6. The minimum atomic E-state index is -4.51. The molecule has 2 N–H and O–H groups in total. The zero-order valence-electron chi connectivity index (χ0n) is 19.5. The molecule has 1 amide bonds. The van der Waals surface area contributed by atoms with Crippen LogP contribution < -0.4 is 10.1 Å². The topological polar surface area (TPSA) is 79.9 Å². The predicted octanol–water partition coefficient (Wildman–Crippen LogP) is 6.34. The van der Waals surface area contributed by atoms with Gasteiger partial charge in [-0.25, -0.2) is 9.97 Å². The molecule has 0 aliphatic carbocycles. The lowest BCUT2D eigenvalue weighted by atomic mass is 9.99. The fourth-order valence-corrected chi connectivity index (χ4v) is 3.88. The van der Waals surface area contributed by atoms with E-state index in [0.717, 1.165) is 28.8 Å². The van der Waals surface area contributed by atoms with Gasteiger partial charge in [-0.05, 0) is 62.2 Å². The van der Waals surface area contributed by atoms with Crippen LogP contribution in [-0.2, 0) is 6.18 Å². The van der Waals surface area contributed by atoms with Crippen LogP contribution in [0.3, 0.4) is 0 Å². The second-order valence-corrected chi connectivity index (χ2v) is 8.11. The van der Waals surface area contributed by atoms with Gasteiger partial charge in [-0.3, -0.25) is 4.79 Å². The molecule has 0 fully saturated rings. The number of carbonyl (C=O) groups excluding carboxylic acids is 1. The molecule has 0 atom stereocenters. The first-order valence-electron chi connectivity index (χ1n) is 10.8. The van der Waals surface area contributed by atoms with Crippen LogP contribution in [0.15, 0.2) is 54.6 Å². The molecule has 35 heavy (non-hydrogen) atoms. The average Bonchev–Trinajstić information content (AvgIpc) is 3.20. The number of rotatable bonds is 5. The number of imidazole rings is 1. The molecule has 4 aromatic rings. The number of aromatic amines is 1.